The molecule has 4 nitrogen and oxygen atoms in total. The van der Waals surface area contributed by atoms with Gasteiger partial charge in [0.25, 0.3) is 0 Å². The summed E-state index contributed by atoms with van der Waals surface area (Å²) in [6.45, 7) is 0. The van der Waals surface area contributed by atoms with Crippen LogP contribution in [0.5, 0.6) is 5.75 Å². The Labute approximate surface area is 150 Å². The molecule has 116 valence electrons. The summed E-state index contributed by atoms with van der Waals surface area (Å²) in [5.41, 5.74) is 9.11. The molecule has 0 atom stereocenters. The van der Waals surface area contributed by atoms with Gasteiger partial charge in [-0.1, -0.05) is 36.3 Å². The largest absolute Gasteiger partial charge is 1.00 e. The number of carbonyl (C=O) groups excluding carboxylic acids is 1. The number of carbonyl (C=O) groups is 1. The summed E-state index contributed by atoms with van der Waals surface area (Å²) in [4.78, 5) is 16.7. The van der Waals surface area contributed by atoms with Crippen molar-refractivity contribution in [2.75, 3.05) is 5.73 Å². The van der Waals surface area contributed by atoms with E-state index < -0.39 is 0 Å². The van der Waals surface area contributed by atoms with Gasteiger partial charge in [0.1, 0.15) is 11.4 Å². The van der Waals surface area contributed by atoms with Gasteiger partial charge in [-0.2, -0.15) is 0 Å². The number of rotatable bonds is 2. The zero-order chi connectivity index (χ0) is 14.4. The van der Waals surface area contributed by atoms with Crippen molar-refractivity contribution in [2.24, 2.45) is 5.92 Å². The second-order valence-electron chi connectivity index (χ2n) is 5.75. The van der Waals surface area contributed by atoms with Gasteiger partial charge in [0.2, 0.25) is 0 Å². The molecule has 0 aliphatic heterocycles. The van der Waals surface area contributed by atoms with Crippen LogP contribution in [0.3, 0.4) is 0 Å². The van der Waals surface area contributed by atoms with Crippen LogP contribution in [0.15, 0.2) is 18.2 Å². The molecule has 2 aliphatic rings. The van der Waals surface area contributed by atoms with Gasteiger partial charge in [-0.25, -0.2) is 4.98 Å². The molecule has 0 radical (unpaired) electrons. The van der Waals surface area contributed by atoms with E-state index in [0.29, 0.717) is 5.75 Å². The highest BCUT2D eigenvalue weighted by Crippen LogP contribution is 2.42. The second-order valence-corrected chi connectivity index (χ2v) is 6.89. The fourth-order valence-electron chi connectivity index (χ4n) is 3.34. The molecule has 1 heterocycles. The van der Waals surface area contributed by atoms with Crippen molar-refractivity contribution in [3.63, 3.8) is 0 Å². The van der Waals surface area contributed by atoms with Crippen molar-refractivity contribution in [1.82, 2.24) is 0 Å². The number of nitrogen functional groups attached to an aromatic ring is 1. The molecule has 0 spiro atoms. The van der Waals surface area contributed by atoms with Gasteiger partial charge in [-0.15, -0.1) is 0 Å². The van der Waals surface area contributed by atoms with Crippen LogP contribution >= 0.6 is 11.3 Å². The molecule has 0 saturated heterocycles. The van der Waals surface area contributed by atoms with Crippen molar-refractivity contribution in [1.29, 1.82) is 0 Å². The number of hydrogen-bond acceptors (Lipinski definition) is 4. The van der Waals surface area contributed by atoms with E-state index in [1.165, 1.54) is 4.88 Å². The highest BCUT2D eigenvalue weighted by atomic mass is 127. The molecule has 0 amide bonds. The third-order valence-corrected chi connectivity index (χ3v) is 5.32. The lowest BCUT2D eigenvalue weighted by Gasteiger charge is -2.12. The molecule has 0 bridgehead atoms. The van der Waals surface area contributed by atoms with Crippen LogP contribution in [-0.2, 0) is 11.2 Å². The minimum Gasteiger partial charge on any atom is -1.00 e. The number of benzene rings is 1. The topological polar surface area (TPSA) is 66.5 Å². The van der Waals surface area contributed by atoms with E-state index in [9.17, 15) is 4.79 Å². The van der Waals surface area contributed by atoms with Gasteiger partial charge in [-0.3, -0.25) is 10.5 Å². The molecule has 1 aromatic carbocycles. The highest BCUT2D eigenvalue weighted by molar-refractivity contribution is 7.15. The van der Waals surface area contributed by atoms with Crippen LogP contribution in [0.2, 0.25) is 0 Å². The Morgan fingerprint density at radius 3 is 2.86 bits per heavy atom. The molecular weight excluding hydrogens is 411 g/mol. The number of ether oxygens (including phenoxy) is 1. The van der Waals surface area contributed by atoms with Crippen LogP contribution in [0.1, 0.15) is 36.1 Å². The summed E-state index contributed by atoms with van der Waals surface area (Å²) in [7, 11) is 0. The second kappa shape index (κ2) is 6.16. The van der Waals surface area contributed by atoms with Gasteiger partial charge in [0.15, 0.2) is 0 Å². The van der Waals surface area contributed by atoms with Crippen LogP contribution < -0.4 is 39.4 Å². The number of thiazole rings is 1. The zero-order valence-electron chi connectivity index (χ0n) is 12.0. The third-order valence-electron chi connectivity index (χ3n) is 4.40. The Hall–Kier alpha value is -1.15. The van der Waals surface area contributed by atoms with Crippen molar-refractivity contribution < 1.29 is 38.5 Å². The van der Waals surface area contributed by atoms with Gasteiger partial charge in [0, 0.05) is 17.5 Å². The lowest BCUT2D eigenvalue weighted by molar-refractivity contribution is -0.340. The van der Waals surface area contributed by atoms with Crippen LogP contribution in [-0.4, -0.2) is 5.97 Å². The van der Waals surface area contributed by atoms with Crippen LogP contribution in [0.4, 0.5) is 5.13 Å². The van der Waals surface area contributed by atoms with E-state index in [2.05, 4.69) is 11.1 Å². The number of nitrogens with two attached hydrogens (primary N) is 1. The molecule has 1 aromatic heterocycles. The molecule has 3 N–H and O–H groups in total. The Kier molecular flexibility index (Phi) is 4.40. The Balaban J connectivity index is 0.00000144. The SMILES string of the molecule is Nc1[nH+]c2c(s1)Cc1c(OC(=O)C3CCCC3)cccc1-2.[I-]. The Morgan fingerprint density at radius 1 is 1.32 bits per heavy atom. The number of anilines is 1. The summed E-state index contributed by atoms with van der Waals surface area (Å²) in [6, 6.07) is 5.88. The fourth-order valence-corrected chi connectivity index (χ4v) is 4.23. The standard InChI is InChI=1S/C16H16N2O2S.HI/c17-16-18-14-10-6-3-7-12(11(10)8-13(14)21-16)20-15(19)9-4-1-2-5-9;/h3,6-7,9H,1-2,4-5,8H2,(H2,17,18);1H. The molecule has 1 saturated carbocycles. The highest BCUT2D eigenvalue weighted by Gasteiger charge is 2.30. The van der Waals surface area contributed by atoms with Crippen molar-refractivity contribution in [3.8, 4) is 17.0 Å². The summed E-state index contributed by atoms with van der Waals surface area (Å²) in [5, 5.41) is 0.721. The Bertz CT molecular complexity index is 723. The minimum absolute atomic E-state index is 0. The molecule has 0 unspecified atom stereocenters. The van der Waals surface area contributed by atoms with Crippen LogP contribution in [0, 0.1) is 5.92 Å². The maximum atomic E-state index is 12.2. The van der Waals surface area contributed by atoms with Crippen molar-refractivity contribution in [2.45, 2.75) is 32.1 Å². The summed E-state index contributed by atoms with van der Waals surface area (Å²) >= 11 is 1.57. The van der Waals surface area contributed by atoms with E-state index in [1.807, 2.05) is 12.1 Å². The fraction of sp³-hybridized carbons (Fsp3) is 0.375. The van der Waals surface area contributed by atoms with Gasteiger partial charge in [0.05, 0.1) is 10.8 Å². The predicted octanol–water partition coefficient (Wildman–Crippen LogP) is -0.185. The number of H-pyrrole nitrogens is 1. The number of nitrogens with one attached hydrogen (secondary N) is 1. The maximum Gasteiger partial charge on any atom is 0.330 e. The van der Waals surface area contributed by atoms with Crippen molar-refractivity contribution in [3.05, 3.63) is 28.6 Å². The lowest BCUT2D eigenvalue weighted by atomic mass is 10.1. The first-order chi connectivity index (χ1) is 10.2. The quantitative estimate of drug-likeness (QED) is 0.350. The van der Waals surface area contributed by atoms with Gasteiger partial charge in [-0.05, 0) is 18.9 Å². The summed E-state index contributed by atoms with van der Waals surface area (Å²) in [5.74, 6) is 0.720. The van der Waals surface area contributed by atoms with Gasteiger partial charge >= 0.3 is 11.1 Å². The number of hydrogen-bond donors (Lipinski definition) is 1. The normalized spacial score (nSPS) is 16.0. The van der Waals surface area contributed by atoms with Crippen LogP contribution in [0.25, 0.3) is 11.3 Å². The smallest absolute Gasteiger partial charge is 0.330 e. The maximum absolute atomic E-state index is 12.2. The first-order valence-corrected chi connectivity index (χ1v) is 8.18. The van der Waals surface area contributed by atoms with E-state index in [-0.39, 0.29) is 35.9 Å². The Morgan fingerprint density at radius 2 is 2.09 bits per heavy atom. The lowest BCUT2D eigenvalue weighted by Crippen LogP contribution is -3.00. The summed E-state index contributed by atoms with van der Waals surface area (Å²) < 4.78 is 5.69. The van der Waals surface area contributed by atoms with E-state index in [4.69, 9.17) is 10.5 Å². The monoisotopic (exact) mass is 428 g/mol. The molecular formula is C16H17IN2O2S. The first-order valence-electron chi connectivity index (χ1n) is 7.37. The number of esters is 1. The third kappa shape index (κ3) is 2.62. The molecule has 22 heavy (non-hydrogen) atoms. The molecule has 2 aromatic rings. The molecule has 2 aliphatic carbocycles. The average molecular weight is 428 g/mol. The first kappa shape index (κ1) is 15.7. The zero-order valence-corrected chi connectivity index (χ0v) is 15.0. The van der Waals surface area contributed by atoms with E-state index in [1.54, 1.807) is 11.3 Å². The average Bonchev–Trinajstić information content (AvgIpc) is 3.14. The van der Waals surface area contributed by atoms with Crippen molar-refractivity contribution >= 4 is 22.4 Å². The molecule has 6 heteroatoms. The van der Waals surface area contributed by atoms with Gasteiger partial charge < -0.3 is 28.7 Å². The summed E-state index contributed by atoms with van der Waals surface area (Å²) in [6.07, 6.45) is 4.99. The molecule has 1 fully saturated rings. The molecule has 4 rings (SSSR count). The number of aromatic amines is 1. The minimum atomic E-state index is -0.0698. The predicted molar refractivity (Wildman–Crippen MR) is 81.1 cm³/mol. The number of fused-ring (bicyclic) bond motifs is 3. The number of halogens is 1. The van der Waals surface area contributed by atoms with E-state index >= 15 is 0 Å². The number of aromatic nitrogens is 1. The van der Waals surface area contributed by atoms with E-state index in [0.717, 1.165) is 54.1 Å².